The molecule has 0 saturated heterocycles. The molecular weight excluding hydrogens is 356 g/mol. The first kappa shape index (κ1) is 19.9. The van der Waals surface area contributed by atoms with Crippen molar-refractivity contribution in [3.8, 4) is 11.4 Å². The van der Waals surface area contributed by atoms with E-state index in [9.17, 15) is 4.79 Å². The number of nitrogens with zero attached hydrogens (tertiary/aromatic N) is 3. The van der Waals surface area contributed by atoms with Gasteiger partial charge in [-0.05, 0) is 38.7 Å². The van der Waals surface area contributed by atoms with Crippen molar-refractivity contribution in [2.45, 2.75) is 76.4 Å². The molecule has 1 aliphatic carbocycles. The summed E-state index contributed by atoms with van der Waals surface area (Å²) < 4.78 is 2.11. The Balaban J connectivity index is 1.81. The third-order valence-corrected chi connectivity index (χ3v) is 6.63. The van der Waals surface area contributed by atoms with Gasteiger partial charge in [-0.2, -0.15) is 0 Å². The Labute approximate surface area is 166 Å². The lowest BCUT2D eigenvalue weighted by Gasteiger charge is -2.22. The quantitative estimate of drug-likeness (QED) is 0.714. The number of hydrogen-bond acceptors (Lipinski definition) is 4. The smallest absolute Gasteiger partial charge is 0.234 e. The van der Waals surface area contributed by atoms with Crippen molar-refractivity contribution in [2.24, 2.45) is 5.92 Å². The SMILES string of the molecule is CCn1c(SC(C(=O)NC2CCCC2)C(C)C)nnc1-c1cccc(C)c1. The second kappa shape index (κ2) is 8.91. The molecule has 1 amide bonds. The van der Waals surface area contributed by atoms with E-state index in [4.69, 9.17) is 0 Å². The van der Waals surface area contributed by atoms with Gasteiger partial charge in [-0.3, -0.25) is 4.79 Å². The average Bonchev–Trinajstić information content (AvgIpc) is 3.28. The van der Waals surface area contributed by atoms with Crippen LogP contribution in [0.3, 0.4) is 0 Å². The molecule has 1 heterocycles. The van der Waals surface area contributed by atoms with Crippen LogP contribution in [-0.4, -0.2) is 32.0 Å². The van der Waals surface area contributed by atoms with E-state index < -0.39 is 0 Å². The molecule has 0 radical (unpaired) electrons. The van der Waals surface area contributed by atoms with E-state index in [-0.39, 0.29) is 17.1 Å². The highest BCUT2D eigenvalue weighted by atomic mass is 32.2. The fraction of sp³-hybridized carbons (Fsp3) is 0.571. The Morgan fingerprint density at radius 3 is 2.67 bits per heavy atom. The van der Waals surface area contributed by atoms with Crippen LogP contribution < -0.4 is 5.32 Å². The van der Waals surface area contributed by atoms with E-state index in [0.29, 0.717) is 6.04 Å². The van der Waals surface area contributed by atoms with Crippen LogP contribution in [0.25, 0.3) is 11.4 Å². The summed E-state index contributed by atoms with van der Waals surface area (Å²) in [6.45, 7) is 9.14. The van der Waals surface area contributed by atoms with Gasteiger partial charge in [-0.15, -0.1) is 10.2 Å². The van der Waals surface area contributed by atoms with Crippen LogP contribution in [-0.2, 0) is 11.3 Å². The third kappa shape index (κ3) is 4.72. The maximum Gasteiger partial charge on any atom is 0.234 e. The van der Waals surface area contributed by atoms with Crippen molar-refractivity contribution in [3.63, 3.8) is 0 Å². The van der Waals surface area contributed by atoms with Gasteiger partial charge in [0.1, 0.15) is 0 Å². The number of amides is 1. The first-order valence-electron chi connectivity index (χ1n) is 9.96. The molecule has 146 valence electrons. The van der Waals surface area contributed by atoms with E-state index in [1.807, 2.05) is 6.07 Å². The van der Waals surface area contributed by atoms with E-state index in [2.05, 4.69) is 66.0 Å². The Morgan fingerprint density at radius 1 is 1.30 bits per heavy atom. The number of thioether (sulfide) groups is 1. The van der Waals surface area contributed by atoms with Gasteiger partial charge in [0.25, 0.3) is 0 Å². The summed E-state index contributed by atoms with van der Waals surface area (Å²) in [5.41, 5.74) is 2.26. The zero-order valence-corrected chi connectivity index (χ0v) is 17.6. The number of nitrogens with one attached hydrogen (secondary N) is 1. The topological polar surface area (TPSA) is 59.8 Å². The fourth-order valence-electron chi connectivity index (χ4n) is 3.62. The summed E-state index contributed by atoms with van der Waals surface area (Å²) >= 11 is 1.54. The molecule has 2 aromatic rings. The number of benzene rings is 1. The first-order valence-corrected chi connectivity index (χ1v) is 10.8. The average molecular weight is 387 g/mol. The molecule has 1 aromatic heterocycles. The van der Waals surface area contributed by atoms with Gasteiger partial charge in [0.05, 0.1) is 5.25 Å². The molecule has 1 aliphatic rings. The lowest BCUT2D eigenvalue weighted by Crippen LogP contribution is -2.41. The Bertz CT molecular complexity index is 780. The monoisotopic (exact) mass is 386 g/mol. The molecule has 1 fully saturated rings. The molecule has 1 saturated carbocycles. The first-order chi connectivity index (χ1) is 13.0. The van der Waals surface area contributed by atoms with Gasteiger partial charge in [0.2, 0.25) is 5.91 Å². The molecule has 0 spiro atoms. The minimum Gasteiger partial charge on any atom is -0.352 e. The van der Waals surface area contributed by atoms with Crippen molar-refractivity contribution in [2.75, 3.05) is 0 Å². The second-order valence-electron chi connectivity index (χ2n) is 7.69. The molecule has 3 rings (SSSR count). The molecule has 0 aliphatic heterocycles. The molecule has 27 heavy (non-hydrogen) atoms. The molecule has 1 N–H and O–H groups in total. The van der Waals surface area contributed by atoms with E-state index >= 15 is 0 Å². The highest BCUT2D eigenvalue weighted by molar-refractivity contribution is 8.00. The van der Waals surface area contributed by atoms with Crippen LogP contribution >= 0.6 is 11.8 Å². The number of carbonyl (C=O) groups excluding carboxylic acids is 1. The zero-order valence-electron chi connectivity index (χ0n) is 16.7. The number of aryl methyl sites for hydroxylation is 1. The van der Waals surface area contributed by atoms with Gasteiger partial charge < -0.3 is 9.88 Å². The standard InChI is InChI=1S/C21H30N4OS/c1-5-25-19(16-10-8-9-15(4)13-16)23-24-21(25)27-18(14(2)3)20(26)22-17-11-6-7-12-17/h8-10,13-14,17-18H,5-7,11-12H2,1-4H3,(H,22,26). The van der Waals surface area contributed by atoms with Crippen molar-refractivity contribution < 1.29 is 4.79 Å². The largest absolute Gasteiger partial charge is 0.352 e. The predicted molar refractivity (Wildman–Crippen MR) is 111 cm³/mol. The number of carbonyl (C=O) groups is 1. The van der Waals surface area contributed by atoms with Gasteiger partial charge in [-0.1, -0.05) is 62.2 Å². The summed E-state index contributed by atoms with van der Waals surface area (Å²) in [6, 6.07) is 8.64. The van der Waals surface area contributed by atoms with Crippen LogP contribution in [0, 0.1) is 12.8 Å². The summed E-state index contributed by atoms with van der Waals surface area (Å²) in [6.07, 6.45) is 4.64. The van der Waals surface area contributed by atoms with Crippen molar-refractivity contribution >= 4 is 17.7 Å². The summed E-state index contributed by atoms with van der Waals surface area (Å²) in [5.74, 6) is 1.22. The van der Waals surface area contributed by atoms with Gasteiger partial charge >= 0.3 is 0 Å². The molecule has 0 bridgehead atoms. The Kier molecular flexibility index (Phi) is 6.58. The summed E-state index contributed by atoms with van der Waals surface area (Å²) in [5, 5.41) is 12.8. The maximum absolute atomic E-state index is 12.9. The normalized spacial score (nSPS) is 16.0. The van der Waals surface area contributed by atoms with Crippen molar-refractivity contribution in [1.29, 1.82) is 0 Å². The molecular formula is C21H30N4OS. The predicted octanol–water partition coefficient (Wildman–Crippen LogP) is 4.45. The van der Waals surface area contributed by atoms with Crippen LogP contribution in [0.1, 0.15) is 52.0 Å². The highest BCUT2D eigenvalue weighted by Crippen LogP contribution is 2.31. The minimum absolute atomic E-state index is 0.129. The van der Waals surface area contributed by atoms with E-state index in [1.165, 1.54) is 30.2 Å². The van der Waals surface area contributed by atoms with Crippen LogP contribution in [0.15, 0.2) is 29.4 Å². The summed E-state index contributed by atoms with van der Waals surface area (Å²) in [7, 11) is 0. The minimum atomic E-state index is -0.162. The number of hydrogen-bond donors (Lipinski definition) is 1. The molecule has 1 atom stereocenters. The fourth-order valence-corrected chi connectivity index (χ4v) is 4.72. The second-order valence-corrected chi connectivity index (χ2v) is 8.80. The van der Waals surface area contributed by atoms with E-state index in [0.717, 1.165) is 35.9 Å². The lowest BCUT2D eigenvalue weighted by molar-refractivity contribution is -0.121. The molecule has 6 heteroatoms. The van der Waals surface area contributed by atoms with Gasteiger partial charge in [-0.25, -0.2) is 0 Å². The van der Waals surface area contributed by atoms with Crippen LogP contribution in [0.4, 0.5) is 0 Å². The number of aromatic nitrogens is 3. The van der Waals surface area contributed by atoms with Crippen molar-refractivity contribution in [1.82, 2.24) is 20.1 Å². The Morgan fingerprint density at radius 2 is 2.04 bits per heavy atom. The lowest BCUT2D eigenvalue weighted by atomic mass is 10.1. The maximum atomic E-state index is 12.9. The van der Waals surface area contributed by atoms with E-state index in [1.54, 1.807) is 0 Å². The van der Waals surface area contributed by atoms with Gasteiger partial charge in [0.15, 0.2) is 11.0 Å². The number of rotatable bonds is 7. The van der Waals surface area contributed by atoms with Crippen LogP contribution in [0.5, 0.6) is 0 Å². The molecule has 1 aromatic carbocycles. The van der Waals surface area contributed by atoms with Gasteiger partial charge in [0, 0.05) is 18.2 Å². The zero-order chi connectivity index (χ0) is 19.4. The van der Waals surface area contributed by atoms with Crippen LogP contribution in [0.2, 0.25) is 0 Å². The summed E-state index contributed by atoms with van der Waals surface area (Å²) in [4.78, 5) is 12.9. The van der Waals surface area contributed by atoms with Crippen molar-refractivity contribution in [3.05, 3.63) is 29.8 Å². The Hall–Kier alpha value is -1.82. The third-order valence-electron chi connectivity index (χ3n) is 5.11. The molecule has 1 unspecified atom stereocenters. The highest BCUT2D eigenvalue weighted by Gasteiger charge is 2.29. The molecule has 5 nitrogen and oxygen atoms in total.